The standard InChI is InChI=1S/C17H21N/c1-5-15(6-2)17(12-14(4)18)11-13(3)16-9-7-8-10-16/h5-7,9-12H,1-2,8,18H2,3-4H3/b13-11+,14-12+. The average molecular weight is 239 g/mol. The Morgan fingerprint density at radius 2 is 1.83 bits per heavy atom. The van der Waals surface area contributed by atoms with Crippen LogP contribution in [-0.2, 0) is 0 Å². The van der Waals surface area contributed by atoms with Crippen molar-refractivity contribution >= 4 is 0 Å². The average Bonchev–Trinajstić information content (AvgIpc) is 2.83. The highest BCUT2D eigenvalue weighted by atomic mass is 14.5. The van der Waals surface area contributed by atoms with Gasteiger partial charge in [0, 0.05) is 5.70 Å². The van der Waals surface area contributed by atoms with Crippen LogP contribution in [-0.4, -0.2) is 0 Å². The molecule has 0 saturated carbocycles. The summed E-state index contributed by atoms with van der Waals surface area (Å²) in [6, 6.07) is 0. The molecule has 0 unspecified atom stereocenters. The van der Waals surface area contributed by atoms with E-state index in [0.29, 0.717) is 0 Å². The van der Waals surface area contributed by atoms with Gasteiger partial charge in [-0.05, 0) is 48.6 Å². The maximum atomic E-state index is 5.77. The van der Waals surface area contributed by atoms with Gasteiger partial charge in [0.05, 0.1) is 0 Å². The van der Waals surface area contributed by atoms with Gasteiger partial charge in [0.2, 0.25) is 0 Å². The molecule has 0 bridgehead atoms. The van der Waals surface area contributed by atoms with Gasteiger partial charge < -0.3 is 5.73 Å². The molecule has 0 fully saturated rings. The van der Waals surface area contributed by atoms with E-state index in [1.807, 2.05) is 13.0 Å². The number of hydrogen-bond acceptors (Lipinski definition) is 1. The van der Waals surface area contributed by atoms with Gasteiger partial charge in [-0.15, -0.1) is 0 Å². The van der Waals surface area contributed by atoms with Crippen molar-refractivity contribution in [1.82, 2.24) is 0 Å². The molecule has 0 heterocycles. The predicted octanol–water partition coefficient (Wildman–Crippen LogP) is 4.35. The second-order valence-corrected chi connectivity index (χ2v) is 4.33. The Balaban J connectivity index is 3.21. The summed E-state index contributed by atoms with van der Waals surface area (Å²) in [6.07, 6.45) is 15.2. The molecule has 0 aromatic rings. The lowest BCUT2D eigenvalue weighted by atomic mass is 10.0. The first kappa shape index (κ1) is 14.0. The van der Waals surface area contributed by atoms with Gasteiger partial charge in [0.15, 0.2) is 0 Å². The molecule has 0 aliphatic heterocycles. The van der Waals surface area contributed by atoms with Crippen LogP contribution in [0.25, 0.3) is 0 Å². The molecule has 0 aromatic carbocycles. The van der Waals surface area contributed by atoms with Crippen molar-refractivity contribution in [2.45, 2.75) is 20.3 Å². The summed E-state index contributed by atoms with van der Waals surface area (Å²) >= 11 is 0. The lowest BCUT2D eigenvalue weighted by Gasteiger charge is -2.05. The molecule has 1 rings (SSSR count). The van der Waals surface area contributed by atoms with Crippen LogP contribution in [0.4, 0.5) is 0 Å². The molecule has 1 heteroatoms. The van der Waals surface area contributed by atoms with Gasteiger partial charge >= 0.3 is 0 Å². The minimum absolute atomic E-state index is 0.770. The zero-order chi connectivity index (χ0) is 13.5. The Hall–Kier alpha value is -2.02. The molecular formula is C17H21N. The Bertz CT molecular complexity index is 480. The van der Waals surface area contributed by atoms with Crippen LogP contribution in [0.2, 0.25) is 0 Å². The van der Waals surface area contributed by atoms with Gasteiger partial charge in [-0.25, -0.2) is 0 Å². The van der Waals surface area contributed by atoms with Crippen LogP contribution >= 0.6 is 0 Å². The van der Waals surface area contributed by atoms with E-state index in [4.69, 9.17) is 5.73 Å². The smallest absolute Gasteiger partial charge is 0.00551 e. The zero-order valence-corrected chi connectivity index (χ0v) is 11.2. The van der Waals surface area contributed by atoms with Crippen LogP contribution in [0.1, 0.15) is 20.3 Å². The summed E-state index contributed by atoms with van der Waals surface area (Å²) in [5.41, 5.74) is 11.1. The molecule has 1 nitrogen and oxygen atoms in total. The molecule has 1 aliphatic rings. The summed E-state index contributed by atoms with van der Waals surface area (Å²) in [5, 5.41) is 0. The molecule has 0 radical (unpaired) electrons. The Labute approximate surface area is 110 Å². The van der Waals surface area contributed by atoms with Crippen LogP contribution in [0.3, 0.4) is 0 Å². The highest BCUT2D eigenvalue weighted by Crippen LogP contribution is 2.21. The van der Waals surface area contributed by atoms with Crippen molar-refractivity contribution in [1.29, 1.82) is 0 Å². The monoisotopic (exact) mass is 239 g/mol. The van der Waals surface area contributed by atoms with E-state index < -0.39 is 0 Å². The van der Waals surface area contributed by atoms with Crippen LogP contribution in [0.5, 0.6) is 0 Å². The molecule has 2 N–H and O–H groups in total. The van der Waals surface area contributed by atoms with Crippen molar-refractivity contribution < 1.29 is 0 Å². The van der Waals surface area contributed by atoms with Crippen molar-refractivity contribution in [2.24, 2.45) is 5.73 Å². The zero-order valence-electron chi connectivity index (χ0n) is 11.2. The Kier molecular flexibility index (Phi) is 5.19. The SMILES string of the molecule is C=CC(C=C)=C(/C=C(\C)N)/C=C(\C)C1=CCC=C1. The number of hydrogen-bond donors (Lipinski definition) is 1. The highest BCUT2D eigenvalue weighted by molar-refractivity contribution is 5.52. The highest BCUT2D eigenvalue weighted by Gasteiger charge is 2.02. The Morgan fingerprint density at radius 3 is 2.28 bits per heavy atom. The van der Waals surface area contributed by atoms with E-state index in [-0.39, 0.29) is 0 Å². The number of nitrogens with two attached hydrogens (primary N) is 1. The molecule has 0 atom stereocenters. The van der Waals surface area contributed by atoms with Gasteiger partial charge in [0.25, 0.3) is 0 Å². The maximum absolute atomic E-state index is 5.77. The van der Waals surface area contributed by atoms with E-state index >= 15 is 0 Å². The van der Waals surface area contributed by atoms with Gasteiger partial charge in [-0.1, -0.05) is 49.6 Å². The molecule has 0 aromatic heterocycles. The van der Waals surface area contributed by atoms with E-state index in [0.717, 1.165) is 23.3 Å². The molecule has 0 saturated heterocycles. The van der Waals surface area contributed by atoms with Gasteiger partial charge in [0.1, 0.15) is 0 Å². The molecule has 1 aliphatic carbocycles. The Morgan fingerprint density at radius 1 is 1.17 bits per heavy atom. The maximum Gasteiger partial charge on any atom is 0.00551 e. The summed E-state index contributed by atoms with van der Waals surface area (Å²) in [6.45, 7) is 11.6. The van der Waals surface area contributed by atoms with E-state index in [1.54, 1.807) is 12.2 Å². The summed E-state index contributed by atoms with van der Waals surface area (Å²) in [5.74, 6) is 0. The molecule has 18 heavy (non-hydrogen) atoms. The van der Waals surface area contributed by atoms with Crippen LogP contribution < -0.4 is 5.73 Å². The van der Waals surface area contributed by atoms with Crippen LogP contribution in [0.15, 0.2) is 83.7 Å². The van der Waals surface area contributed by atoms with Crippen LogP contribution in [0, 0.1) is 0 Å². The fourth-order valence-corrected chi connectivity index (χ4v) is 1.84. The third kappa shape index (κ3) is 3.77. The fraction of sp³-hybridized carbons (Fsp3) is 0.176. The van der Waals surface area contributed by atoms with Gasteiger partial charge in [-0.2, -0.15) is 0 Å². The second-order valence-electron chi connectivity index (χ2n) is 4.33. The fourth-order valence-electron chi connectivity index (χ4n) is 1.84. The second kappa shape index (κ2) is 6.65. The third-order valence-electron chi connectivity index (χ3n) is 2.75. The summed E-state index contributed by atoms with van der Waals surface area (Å²) in [4.78, 5) is 0. The lowest BCUT2D eigenvalue weighted by molar-refractivity contribution is 1.29. The van der Waals surface area contributed by atoms with E-state index in [2.05, 4.69) is 44.4 Å². The predicted molar refractivity (Wildman–Crippen MR) is 81.0 cm³/mol. The molecule has 0 amide bonds. The largest absolute Gasteiger partial charge is 0.402 e. The summed E-state index contributed by atoms with van der Waals surface area (Å²) in [7, 11) is 0. The van der Waals surface area contributed by atoms with E-state index in [9.17, 15) is 0 Å². The number of allylic oxidation sites excluding steroid dienone is 12. The first-order valence-electron chi connectivity index (χ1n) is 6.06. The lowest BCUT2D eigenvalue weighted by Crippen LogP contribution is -1.93. The summed E-state index contributed by atoms with van der Waals surface area (Å²) < 4.78 is 0. The topological polar surface area (TPSA) is 26.0 Å². The third-order valence-corrected chi connectivity index (χ3v) is 2.75. The first-order chi connectivity index (χ1) is 8.58. The van der Waals surface area contributed by atoms with Crippen molar-refractivity contribution in [3.05, 3.63) is 83.7 Å². The quantitative estimate of drug-likeness (QED) is 0.709. The molecule has 0 spiro atoms. The minimum Gasteiger partial charge on any atom is -0.402 e. The normalized spacial score (nSPS) is 15.3. The number of rotatable bonds is 5. The van der Waals surface area contributed by atoms with E-state index in [1.165, 1.54) is 11.1 Å². The van der Waals surface area contributed by atoms with Gasteiger partial charge in [-0.3, -0.25) is 0 Å². The van der Waals surface area contributed by atoms with Crippen molar-refractivity contribution in [3.8, 4) is 0 Å². The minimum atomic E-state index is 0.770. The molecular weight excluding hydrogens is 218 g/mol. The van der Waals surface area contributed by atoms with Crippen molar-refractivity contribution in [3.63, 3.8) is 0 Å². The van der Waals surface area contributed by atoms with Crippen molar-refractivity contribution in [2.75, 3.05) is 0 Å². The molecule has 94 valence electrons. The first-order valence-corrected chi connectivity index (χ1v) is 6.06.